The van der Waals surface area contributed by atoms with Crippen LogP contribution in [-0.2, 0) is 0 Å². The quantitative estimate of drug-likeness (QED) is 0.182. The Morgan fingerprint density at radius 2 is 1.92 bits per heavy atom. The maximum absolute atomic E-state index is 8.50. The average Bonchev–Trinajstić information content (AvgIpc) is 2.16. The molecule has 78 valence electrons. The molecule has 0 bridgehead atoms. The fourth-order valence-electron chi connectivity index (χ4n) is 0.829. The minimum Gasteiger partial charge on any atom is -0.409 e. The van der Waals surface area contributed by atoms with E-state index in [0.717, 1.165) is 30.8 Å². The summed E-state index contributed by atoms with van der Waals surface area (Å²) in [5.41, 5.74) is 5.30. The first-order valence-corrected chi connectivity index (χ1v) is 5.61. The van der Waals surface area contributed by atoms with E-state index in [1.807, 2.05) is 11.8 Å². The van der Waals surface area contributed by atoms with Crippen LogP contribution in [0.4, 0.5) is 0 Å². The number of unbranched alkanes of at least 4 members (excludes halogenated alkanes) is 1. The van der Waals surface area contributed by atoms with Gasteiger partial charge < -0.3 is 16.0 Å². The van der Waals surface area contributed by atoms with Crippen LogP contribution in [0.2, 0.25) is 0 Å². The third-order valence-corrected chi connectivity index (χ3v) is 2.70. The Morgan fingerprint density at radius 3 is 2.54 bits per heavy atom. The minimum absolute atomic E-state index is 0.275. The van der Waals surface area contributed by atoms with Crippen molar-refractivity contribution >= 4 is 17.6 Å². The summed E-state index contributed by atoms with van der Waals surface area (Å²) in [6.07, 6.45) is 3.57. The molecule has 4 nitrogen and oxygen atoms in total. The number of amidine groups is 1. The Balaban J connectivity index is 3.00. The largest absolute Gasteiger partial charge is 0.409 e. The molecule has 0 amide bonds. The van der Waals surface area contributed by atoms with Crippen LogP contribution in [0.5, 0.6) is 0 Å². The van der Waals surface area contributed by atoms with Crippen LogP contribution in [0, 0.1) is 0 Å². The van der Waals surface area contributed by atoms with Crippen molar-refractivity contribution in [3.8, 4) is 0 Å². The third kappa shape index (κ3) is 9.49. The average molecular weight is 206 g/mol. The molecule has 0 heterocycles. The van der Waals surface area contributed by atoms with Gasteiger partial charge in [-0.3, -0.25) is 0 Å². The maximum Gasteiger partial charge on any atom is 0.139 e. The van der Waals surface area contributed by atoms with Crippen molar-refractivity contribution in [2.75, 3.05) is 18.1 Å². The van der Waals surface area contributed by atoms with Crippen molar-refractivity contribution in [2.45, 2.75) is 25.7 Å². The molecule has 0 spiro atoms. The standard InChI is InChI=1S/C8H18N2O2S/c9-8(10-12)4-1-2-6-13-7-3-5-11/h11-12H,1-7H2,(H2,9,10). The SMILES string of the molecule is NC(CCCCSCCCO)=NO. The molecule has 0 aliphatic rings. The Bertz CT molecular complexity index is 142. The summed E-state index contributed by atoms with van der Waals surface area (Å²) in [7, 11) is 0. The van der Waals surface area contributed by atoms with E-state index in [4.69, 9.17) is 16.0 Å². The van der Waals surface area contributed by atoms with Crippen molar-refractivity contribution in [3.63, 3.8) is 0 Å². The molecule has 0 aliphatic carbocycles. The highest BCUT2D eigenvalue weighted by Gasteiger charge is 1.94. The first-order valence-electron chi connectivity index (χ1n) is 4.46. The van der Waals surface area contributed by atoms with E-state index in [0.29, 0.717) is 12.3 Å². The predicted molar refractivity (Wildman–Crippen MR) is 56.3 cm³/mol. The molecule has 0 rings (SSSR count). The van der Waals surface area contributed by atoms with Crippen LogP contribution in [-0.4, -0.2) is 34.3 Å². The highest BCUT2D eigenvalue weighted by molar-refractivity contribution is 7.99. The van der Waals surface area contributed by atoms with Crippen molar-refractivity contribution in [3.05, 3.63) is 0 Å². The molecule has 0 aliphatic heterocycles. The van der Waals surface area contributed by atoms with Crippen molar-refractivity contribution < 1.29 is 10.3 Å². The molecule has 0 radical (unpaired) electrons. The highest BCUT2D eigenvalue weighted by Crippen LogP contribution is 2.07. The number of nitrogens with two attached hydrogens (primary N) is 1. The maximum atomic E-state index is 8.50. The van der Waals surface area contributed by atoms with Gasteiger partial charge in [0.05, 0.1) is 0 Å². The lowest BCUT2D eigenvalue weighted by Crippen LogP contribution is -2.10. The zero-order valence-corrected chi connectivity index (χ0v) is 8.59. The number of hydrogen-bond donors (Lipinski definition) is 3. The molecule has 0 aromatic heterocycles. The van der Waals surface area contributed by atoms with E-state index < -0.39 is 0 Å². The lowest BCUT2D eigenvalue weighted by atomic mass is 10.2. The molecular weight excluding hydrogens is 188 g/mol. The van der Waals surface area contributed by atoms with Gasteiger partial charge in [0.15, 0.2) is 0 Å². The first kappa shape index (κ1) is 12.6. The minimum atomic E-state index is 0.275. The van der Waals surface area contributed by atoms with E-state index in [-0.39, 0.29) is 6.61 Å². The monoisotopic (exact) mass is 206 g/mol. The zero-order chi connectivity index (χ0) is 9.94. The van der Waals surface area contributed by atoms with Crippen molar-refractivity contribution in [1.82, 2.24) is 0 Å². The second-order valence-corrected chi connectivity index (χ2v) is 3.96. The molecule has 0 saturated heterocycles. The molecule has 0 aromatic rings. The second kappa shape index (κ2) is 9.67. The van der Waals surface area contributed by atoms with Gasteiger partial charge in [-0.05, 0) is 30.8 Å². The lowest BCUT2D eigenvalue weighted by Gasteiger charge is -2.00. The third-order valence-electron chi connectivity index (χ3n) is 1.55. The van der Waals surface area contributed by atoms with Gasteiger partial charge in [-0.15, -0.1) is 0 Å². The smallest absolute Gasteiger partial charge is 0.139 e. The zero-order valence-electron chi connectivity index (χ0n) is 7.78. The molecule has 0 saturated carbocycles. The van der Waals surface area contributed by atoms with Crippen LogP contribution < -0.4 is 5.73 Å². The molecule has 4 N–H and O–H groups in total. The summed E-state index contributed by atoms with van der Waals surface area (Å²) in [5, 5.41) is 19.6. The Hall–Kier alpha value is -0.420. The fraction of sp³-hybridized carbons (Fsp3) is 0.875. The topological polar surface area (TPSA) is 78.8 Å². The van der Waals surface area contributed by atoms with Crippen LogP contribution in [0.1, 0.15) is 25.7 Å². The Morgan fingerprint density at radius 1 is 1.23 bits per heavy atom. The first-order chi connectivity index (χ1) is 6.31. The molecule has 5 heteroatoms. The summed E-state index contributed by atoms with van der Waals surface area (Å²) in [4.78, 5) is 0. The van der Waals surface area contributed by atoms with Gasteiger partial charge >= 0.3 is 0 Å². The van der Waals surface area contributed by atoms with E-state index >= 15 is 0 Å². The normalized spacial score (nSPS) is 11.9. The Labute approximate surface area is 83.2 Å². The van der Waals surface area contributed by atoms with Crippen LogP contribution >= 0.6 is 11.8 Å². The van der Waals surface area contributed by atoms with Gasteiger partial charge in [0.2, 0.25) is 0 Å². The van der Waals surface area contributed by atoms with Gasteiger partial charge in [-0.25, -0.2) is 0 Å². The summed E-state index contributed by atoms with van der Waals surface area (Å²) >= 11 is 1.83. The van der Waals surface area contributed by atoms with Gasteiger partial charge in [-0.2, -0.15) is 11.8 Å². The highest BCUT2D eigenvalue weighted by atomic mass is 32.2. The van der Waals surface area contributed by atoms with Gasteiger partial charge in [0.25, 0.3) is 0 Å². The predicted octanol–water partition coefficient (Wildman–Crippen LogP) is 1.02. The van der Waals surface area contributed by atoms with Gasteiger partial charge in [0.1, 0.15) is 5.84 Å². The Kier molecular flexibility index (Phi) is 9.35. The number of nitrogens with zero attached hydrogens (tertiary/aromatic N) is 1. The van der Waals surface area contributed by atoms with E-state index in [2.05, 4.69) is 5.16 Å². The molecule has 0 fully saturated rings. The molecular formula is C8H18N2O2S. The molecule has 0 atom stereocenters. The van der Waals surface area contributed by atoms with Gasteiger partial charge in [0, 0.05) is 13.0 Å². The van der Waals surface area contributed by atoms with Crippen LogP contribution in [0.3, 0.4) is 0 Å². The summed E-state index contributed by atoms with van der Waals surface area (Å²) in [5.74, 6) is 2.40. The number of thioether (sulfide) groups is 1. The number of rotatable bonds is 8. The molecule has 13 heavy (non-hydrogen) atoms. The van der Waals surface area contributed by atoms with E-state index in [1.54, 1.807) is 0 Å². The molecule has 0 unspecified atom stereocenters. The van der Waals surface area contributed by atoms with Crippen LogP contribution in [0.25, 0.3) is 0 Å². The number of aliphatic hydroxyl groups excluding tert-OH is 1. The number of aliphatic hydroxyl groups is 1. The summed E-state index contributed by atoms with van der Waals surface area (Å²) < 4.78 is 0. The lowest BCUT2D eigenvalue weighted by molar-refractivity contribution is 0.296. The van der Waals surface area contributed by atoms with Crippen LogP contribution in [0.15, 0.2) is 5.16 Å². The summed E-state index contributed by atoms with van der Waals surface area (Å²) in [6.45, 7) is 0.275. The molecule has 0 aromatic carbocycles. The second-order valence-electron chi connectivity index (χ2n) is 2.74. The van der Waals surface area contributed by atoms with Crippen molar-refractivity contribution in [1.29, 1.82) is 0 Å². The number of oxime groups is 1. The number of hydrogen-bond acceptors (Lipinski definition) is 4. The fourth-order valence-corrected chi connectivity index (χ4v) is 1.77. The summed E-state index contributed by atoms with van der Waals surface area (Å²) in [6, 6.07) is 0. The van der Waals surface area contributed by atoms with E-state index in [9.17, 15) is 0 Å². The van der Waals surface area contributed by atoms with Gasteiger partial charge in [-0.1, -0.05) is 5.16 Å². The van der Waals surface area contributed by atoms with Crippen molar-refractivity contribution in [2.24, 2.45) is 10.9 Å². The van der Waals surface area contributed by atoms with E-state index in [1.165, 1.54) is 0 Å².